The van der Waals surface area contributed by atoms with Crippen LogP contribution < -0.4 is 5.32 Å². The third-order valence-electron chi connectivity index (χ3n) is 3.86. The highest BCUT2D eigenvalue weighted by Crippen LogP contribution is 2.23. The number of halogens is 2. The Kier molecular flexibility index (Phi) is 6.02. The highest BCUT2D eigenvalue weighted by atomic mass is 79.9. The van der Waals surface area contributed by atoms with Crippen molar-refractivity contribution in [1.29, 1.82) is 0 Å². The maximum absolute atomic E-state index is 6.26. The Hall–Kier alpha value is -1.68. The predicted molar refractivity (Wildman–Crippen MR) is 104 cm³/mol. The Morgan fingerprint density at radius 2 is 1.67 bits per heavy atom. The fourth-order valence-corrected chi connectivity index (χ4v) is 3.17. The van der Waals surface area contributed by atoms with Gasteiger partial charge in [0.05, 0.1) is 0 Å². The molecule has 2 aromatic carbocycles. The molecule has 1 heterocycles. The highest BCUT2D eigenvalue weighted by molar-refractivity contribution is 9.10. The third-order valence-corrected chi connectivity index (χ3v) is 4.98. The molecule has 0 aliphatic rings. The second-order valence-corrected chi connectivity index (χ2v) is 6.77. The standard InChI is InChI=1S/C20H18BrClN2/c21-19-9-5-4-8-17(19)13-23-11-10-16-12-18(14-24-20(16)22)15-6-2-1-3-7-15/h1-9,12,14,23H,10-11,13H2. The number of hydrogen-bond acceptors (Lipinski definition) is 2. The first-order valence-electron chi connectivity index (χ1n) is 7.88. The Morgan fingerprint density at radius 1 is 0.917 bits per heavy atom. The second kappa shape index (κ2) is 8.43. The Morgan fingerprint density at radius 3 is 2.46 bits per heavy atom. The maximum atomic E-state index is 6.26. The molecule has 2 nitrogen and oxygen atoms in total. The van der Waals surface area contributed by atoms with E-state index in [0.717, 1.165) is 40.7 Å². The molecule has 0 fully saturated rings. The lowest BCUT2D eigenvalue weighted by Crippen LogP contribution is -2.17. The normalized spacial score (nSPS) is 10.8. The molecule has 24 heavy (non-hydrogen) atoms. The first-order chi connectivity index (χ1) is 11.7. The van der Waals surface area contributed by atoms with E-state index >= 15 is 0 Å². The molecule has 0 aliphatic carbocycles. The van der Waals surface area contributed by atoms with E-state index in [1.54, 1.807) is 0 Å². The molecule has 0 aliphatic heterocycles. The van der Waals surface area contributed by atoms with Gasteiger partial charge in [-0.1, -0.05) is 76.1 Å². The highest BCUT2D eigenvalue weighted by Gasteiger charge is 2.06. The molecular weight excluding hydrogens is 384 g/mol. The summed E-state index contributed by atoms with van der Waals surface area (Å²) in [6.45, 7) is 1.67. The van der Waals surface area contributed by atoms with E-state index in [0.29, 0.717) is 5.15 Å². The average Bonchev–Trinajstić information content (AvgIpc) is 2.62. The molecule has 122 valence electrons. The number of nitrogens with one attached hydrogen (secondary N) is 1. The summed E-state index contributed by atoms with van der Waals surface area (Å²) in [6.07, 6.45) is 2.67. The van der Waals surface area contributed by atoms with Crippen LogP contribution in [0.2, 0.25) is 5.15 Å². The van der Waals surface area contributed by atoms with Crippen LogP contribution in [0.1, 0.15) is 11.1 Å². The van der Waals surface area contributed by atoms with Gasteiger partial charge < -0.3 is 5.32 Å². The molecule has 3 rings (SSSR count). The molecule has 0 bridgehead atoms. The van der Waals surface area contributed by atoms with E-state index < -0.39 is 0 Å². The van der Waals surface area contributed by atoms with Crippen LogP contribution in [-0.2, 0) is 13.0 Å². The monoisotopic (exact) mass is 400 g/mol. The molecule has 4 heteroatoms. The second-order valence-electron chi connectivity index (χ2n) is 5.56. The quantitative estimate of drug-likeness (QED) is 0.436. The van der Waals surface area contributed by atoms with E-state index in [1.807, 2.05) is 36.5 Å². The van der Waals surface area contributed by atoms with Gasteiger partial charge in [0, 0.05) is 22.8 Å². The van der Waals surface area contributed by atoms with Gasteiger partial charge in [-0.15, -0.1) is 0 Å². The van der Waals surface area contributed by atoms with E-state index in [1.165, 1.54) is 5.56 Å². The Labute approximate surface area is 156 Å². The van der Waals surface area contributed by atoms with Crippen molar-refractivity contribution in [2.45, 2.75) is 13.0 Å². The number of benzene rings is 2. The van der Waals surface area contributed by atoms with Crippen molar-refractivity contribution in [3.8, 4) is 11.1 Å². The minimum absolute atomic E-state index is 0.581. The van der Waals surface area contributed by atoms with Gasteiger partial charge in [0.25, 0.3) is 0 Å². The lowest BCUT2D eigenvalue weighted by Gasteiger charge is -2.09. The number of nitrogens with zero attached hydrogens (tertiary/aromatic N) is 1. The van der Waals surface area contributed by atoms with Gasteiger partial charge in [-0.25, -0.2) is 4.98 Å². The van der Waals surface area contributed by atoms with Crippen LogP contribution in [0.3, 0.4) is 0 Å². The molecule has 0 amide bonds. The van der Waals surface area contributed by atoms with E-state index in [4.69, 9.17) is 11.6 Å². The van der Waals surface area contributed by atoms with Gasteiger partial charge in [0.2, 0.25) is 0 Å². The van der Waals surface area contributed by atoms with Crippen molar-refractivity contribution in [2.24, 2.45) is 0 Å². The van der Waals surface area contributed by atoms with Crippen LogP contribution >= 0.6 is 27.5 Å². The van der Waals surface area contributed by atoms with E-state index in [2.05, 4.69) is 56.6 Å². The molecule has 0 atom stereocenters. The molecule has 0 radical (unpaired) electrons. The molecule has 3 aromatic rings. The van der Waals surface area contributed by atoms with E-state index in [-0.39, 0.29) is 0 Å². The van der Waals surface area contributed by atoms with E-state index in [9.17, 15) is 0 Å². The fourth-order valence-electron chi connectivity index (χ4n) is 2.55. The van der Waals surface area contributed by atoms with Gasteiger partial charge in [0.1, 0.15) is 5.15 Å². The number of aromatic nitrogens is 1. The van der Waals surface area contributed by atoms with Crippen molar-refractivity contribution in [1.82, 2.24) is 10.3 Å². The first-order valence-corrected chi connectivity index (χ1v) is 9.05. The summed E-state index contributed by atoms with van der Waals surface area (Å²) in [5.41, 5.74) is 4.57. The summed E-state index contributed by atoms with van der Waals surface area (Å²) in [5.74, 6) is 0. The average molecular weight is 402 g/mol. The van der Waals surface area contributed by atoms with Gasteiger partial charge in [-0.3, -0.25) is 0 Å². The first kappa shape index (κ1) is 17.2. The molecule has 0 unspecified atom stereocenters. The van der Waals surface area contributed by atoms with Crippen LogP contribution in [-0.4, -0.2) is 11.5 Å². The number of rotatable bonds is 6. The SMILES string of the molecule is Clc1ncc(-c2ccccc2)cc1CCNCc1ccccc1Br. The predicted octanol–water partition coefficient (Wildman–Crippen LogP) is 5.50. The number of pyridine rings is 1. The van der Waals surface area contributed by atoms with Crippen LogP contribution in [0, 0.1) is 0 Å². The third kappa shape index (κ3) is 4.44. The smallest absolute Gasteiger partial charge is 0.132 e. The van der Waals surface area contributed by atoms with Crippen molar-refractivity contribution < 1.29 is 0 Å². The minimum Gasteiger partial charge on any atom is -0.312 e. The molecule has 1 N–H and O–H groups in total. The zero-order valence-corrected chi connectivity index (χ0v) is 15.5. The lowest BCUT2D eigenvalue weighted by molar-refractivity contribution is 0.684. The summed E-state index contributed by atoms with van der Waals surface area (Å²) in [6, 6.07) is 20.6. The zero-order chi connectivity index (χ0) is 16.8. The molecule has 0 saturated heterocycles. The van der Waals surface area contributed by atoms with Crippen LogP contribution in [0.4, 0.5) is 0 Å². The Balaban J connectivity index is 1.62. The van der Waals surface area contributed by atoms with Gasteiger partial charge >= 0.3 is 0 Å². The summed E-state index contributed by atoms with van der Waals surface area (Å²) in [4.78, 5) is 4.34. The van der Waals surface area contributed by atoms with Crippen molar-refractivity contribution >= 4 is 27.5 Å². The summed E-state index contributed by atoms with van der Waals surface area (Å²) in [7, 11) is 0. The summed E-state index contributed by atoms with van der Waals surface area (Å²) >= 11 is 9.83. The van der Waals surface area contributed by atoms with Crippen LogP contribution in [0.25, 0.3) is 11.1 Å². The van der Waals surface area contributed by atoms with Crippen molar-refractivity contribution in [3.05, 3.63) is 87.6 Å². The molecule has 1 aromatic heterocycles. The number of hydrogen-bond donors (Lipinski definition) is 1. The van der Waals surface area contributed by atoms with Crippen LogP contribution in [0.15, 0.2) is 71.3 Å². The lowest BCUT2D eigenvalue weighted by atomic mass is 10.0. The zero-order valence-electron chi connectivity index (χ0n) is 13.2. The van der Waals surface area contributed by atoms with Crippen LogP contribution in [0.5, 0.6) is 0 Å². The molecule has 0 spiro atoms. The molecular formula is C20H18BrClN2. The largest absolute Gasteiger partial charge is 0.312 e. The van der Waals surface area contributed by atoms with Gasteiger partial charge in [-0.05, 0) is 41.8 Å². The van der Waals surface area contributed by atoms with Gasteiger partial charge in [-0.2, -0.15) is 0 Å². The van der Waals surface area contributed by atoms with Crippen molar-refractivity contribution in [2.75, 3.05) is 6.54 Å². The van der Waals surface area contributed by atoms with Crippen molar-refractivity contribution in [3.63, 3.8) is 0 Å². The maximum Gasteiger partial charge on any atom is 0.132 e. The summed E-state index contributed by atoms with van der Waals surface area (Å²) in [5, 5.41) is 4.04. The minimum atomic E-state index is 0.581. The van der Waals surface area contributed by atoms with Gasteiger partial charge in [0.15, 0.2) is 0 Å². The molecule has 0 saturated carbocycles. The Bertz CT molecular complexity index is 806. The fraction of sp³-hybridized carbons (Fsp3) is 0.150. The summed E-state index contributed by atoms with van der Waals surface area (Å²) < 4.78 is 1.13. The topological polar surface area (TPSA) is 24.9 Å².